The first-order valence-electron chi connectivity index (χ1n) is 9.10. The molecule has 142 valence electrons. The number of carbonyl (C=O) groups is 3. The van der Waals surface area contributed by atoms with Gasteiger partial charge in [0.15, 0.2) is 0 Å². The fraction of sp³-hybridized carbons (Fsp3) is 0.526. The van der Waals surface area contributed by atoms with Gasteiger partial charge in [-0.15, -0.1) is 0 Å². The summed E-state index contributed by atoms with van der Waals surface area (Å²) in [6, 6.07) is 10.3. The van der Waals surface area contributed by atoms with E-state index in [0.29, 0.717) is 19.5 Å². The van der Waals surface area contributed by atoms with Gasteiger partial charge in [-0.05, 0) is 5.56 Å². The Morgan fingerprint density at radius 3 is 2.23 bits per heavy atom. The maximum absolute atomic E-state index is 12.2. The topological polar surface area (TPSA) is 81.8 Å². The van der Waals surface area contributed by atoms with Crippen LogP contribution in [0.4, 0.5) is 0 Å². The Balaban J connectivity index is 1.59. The second-order valence-corrected chi connectivity index (χ2v) is 6.48. The molecule has 0 spiro atoms. The van der Waals surface area contributed by atoms with Crippen molar-refractivity contribution in [1.82, 2.24) is 20.4 Å². The van der Waals surface area contributed by atoms with E-state index < -0.39 is 0 Å². The van der Waals surface area contributed by atoms with Crippen LogP contribution in [0.3, 0.4) is 0 Å². The molecule has 0 bridgehead atoms. The summed E-state index contributed by atoms with van der Waals surface area (Å²) in [5.41, 5.74) is 1.29. The molecule has 2 rings (SSSR count). The van der Waals surface area contributed by atoms with Crippen LogP contribution in [0.25, 0.3) is 0 Å². The van der Waals surface area contributed by atoms with Crippen LogP contribution in [0.5, 0.6) is 0 Å². The monoisotopic (exact) mass is 360 g/mol. The molecule has 1 aromatic rings. The molecule has 1 heterocycles. The van der Waals surface area contributed by atoms with Gasteiger partial charge >= 0.3 is 0 Å². The number of nitrogens with zero attached hydrogens (tertiary/aromatic N) is 2. The summed E-state index contributed by atoms with van der Waals surface area (Å²) in [5, 5.41) is 5.29. The standard InChI is InChI=1S/C19H28N4O3/c1-16(24)20-9-7-18(25)21-10-8-19(26)23-13-11-22(12-14-23)15-17-5-3-2-4-6-17/h2-6H,7-15H2,1H3,(H,20,24)(H,21,25). The van der Waals surface area contributed by atoms with Gasteiger partial charge < -0.3 is 15.5 Å². The third-order valence-electron chi connectivity index (χ3n) is 4.36. The van der Waals surface area contributed by atoms with E-state index in [4.69, 9.17) is 0 Å². The number of carbonyl (C=O) groups excluding carboxylic acids is 3. The van der Waals surface area contributed by atoms with E-state index in [2.05, 4.69) is 27.7 Å². The fourth-order valence-corrected chi connectivity index (χ4v) is 2.90. The zero-order valence-electron chi connectivity index (χ0n) is 15.4. The van der Waals surface area contributed by atoms with Crippen molar-refractivity contribution in [2.45, 2.75) is 26.3 Å². The minimum absolute atomic E-state index is 0.0755. The minimum atomic E-state index is -0.153. The van der Waals surface area contributed by atoms with E-state index >= 15 is 0 Å². The molecular formula is C19H28N4O3. The average Bonchev–Trinajstić information content (AvgIpc) is 2.63. The molecule has 26 heavy (non-hydrogen) atoms. The second kappa shape index (κ2) is 10.6. The van der Waals surface area contributed by atoms with E-state index in [1.807, 2.05) is 23.1 Å². The van der Waals surface area contributed by atoms with Gasteiger partial charge in [0.2, 0.25) is 17.7 Å². The molecule has 1 aliphatic heterocycles. The van der Waals surface area contributed by atoms with Crippen LogP contribution in [0, 0.1) is 0 Å². The van der Waals surface area contributed by atoms with Gasteiger partial charge in [-0.2, -0.15) is 0 Å². The number of amides is 3. The predicted molar refractivity (Wildman–Crippen MR) is 99.2 cm³/mol. The molecule has 7 nitrogen and oxygen atoms in total. The molecule has 1 saturated heterocycles. The van der Waals surface area contributed by atoms with Crippen molar-refractivity contribution >= 4 is 17.7 Å². The van der Waals surface area contributed by atoms with Gasteiger partial charge in [0.1, 0.15) is 0 Å². The van der Waals surface area contributed by atoms with Crippen LogP contribution in [-0.2, 0) is 20.9 Å². The van der Waals surface area contributed by atoms with Crippen LogP contribution in [0.15, 0.2) is 30.3 Å². The summed E-state index contributed by atoms with van der Waals surface area (Å²) in [6.45, 7) is 6.15. The van der Waals surface area contributed by atoms with Gasteiger partial charge in [0.25, 0.3) is 0 Å². The molecule has 2 N–H and O–H groups in total. The molecule has 3 amide bonds. The van der Waals surface area contributed by atoms with Crippen LogP contribution in [0.2, 0.25) is 0 Å². The van der Waals surface area contributed by atoms with E-state index in [9.17, 15) is 14.4 Å². The number of nitrogens with one attached hydrogen (secondary N) is 2. The van der Waals surface area contributed by atoms with Crippen LogP contribution in [-0.4, -0.2) is 66.8 Å². The lowest BCUT2D eigenvalue weighted by molar-refractivity contribution is -0.133. The zero-order chi connectivity index (χ0) is 18.8. The molecule has 0 atom stereocenters. The van der Waals surface area contributed by atoms with Crippen LogP contribution in [0.1, 0.15) is 25.3 Å². The molecule has 1 fully saturated rings. The van der Waals surface area contributed by atoms with E-state index in [0.717, 1.165) is 32.7 Å². The summed E-state index contributed by atoms with van der Waals surface area (Å²) < 4.78 is 0. The first kappa shape index (κ1) is 19.9. The molecule has 1 aromatic carbocycles. The maximum atomic E-state index is 12.2. The summed E-state index contributed by atoms with van der Waals surface area (Å²) in [4.78, 5) is 38.8. The Labute approximate surface area is 154 Å². The van der Waals surface area contributed by atoms with Crippen molar-refractivity contribution in [3.05, 3.63) is 35.9 Å². The van der Waals surface area contributed by atoms with E-state index in [1.165, 1.54) is 12.5 Å². The number of hydrogen-bond acceptors (Lipinski definition) is 4. The van der Waals surface area contributed by atoms with Crippen molar-refractivity contribution in [1.29, 1.82) is 0 Å². The number of hydrogen-bond donors (Lipinski definition) is 2. The molecule has 1 aliphatic rings. The number of rotatable bonds is 8. The number of piperazine rings is 1. The minimum Gasteiger partial charge on any atom is -0.356 e. The van der Waals surface area contributed by atoms with Gasteiger partial charge in [-0.1, -0.05) is 30.3 Å². The lowest BCUT2D eigenvalue weighted by atomic mass is 10.2. The highest BCUT2D eigenvalue weighted by Crippen LogP contribution is 2.09. The van der Waals surface area contributed by atoms with E-state index in [1.54, 1.807) is 0 Å². The maximum Gasteiger partial charge on any atom is 0.224 e. The third-order valence-corrected chi connectivity index (χ3v) is 4.36. The first-order valence-corrected chi connectivity index (χ1v) is 9.10. The molecule has 0 unspecified atom stereocenters. The van der Waals surface area contributed by atoms with Crippen LogP contribution < -0.4 is 10.6 Å². The Hall–Kier alpha value is -2.41. The fourth-order valence-electron chi connectivity index (χ4n) is 2.90. The first-order chi connectivity index (χ1) is 12.5. The highest BCUT2D eigenvalue weighted by atomic mass is 16.2. The van der Waals surface area contributed by atoms with Gasteiger partial charge in [-0.3, -0.25) is 19.3 Å². The highest BCUT2D eigenvalue weighted by Gasteiger charge is 2.20. The van der Waals surface area contributed by atoms with Gasteiger partial charge in [-0.25, -0.2) is 0 Å². The van der Waals surface area contributed by atoms with Crippen molar-refractivity contribution in [3.8, 4) is 0 Å². The van der Waals surface area contributed by atoms with Gasteiger partial charge in [0, 0.05) is 65.6 Å². The summed E-state index contributed by atoms with van der Waals surface area (Å²) in [7, 11) is 0. The highest BCUT2D eigenvalue weighted by molar-refractivity contribution is 5.80. The molecule has 0 aromatic heterocycles. The Kier molecular flexibility index (Phi) is 8.08. The zero-order valence-corrected chi connectivity index (χ0v) is 15.4. The Morgan fingerprint density at radius 2 is 1.58 bits per heavy atom. The normalized spacial score (nSPS) is 14.7. The quantitative estimate of drug-likeness (QED) is 0.702. The molecule has 7 heteroatoms. The lowest BCUT2D eigenvalue weighted by Gasteiger charge is -2.34. The van der Waals surface area contributed by atoms with Crippen molar-refractivity contribution < 1.29 is 14.4 Å². The third kappa shape index (κ3) is 7.23. The van der Waals surface area contributed by atoms with Crippen molar-refractivity contribution in [3.63, 3.8) is 0 Å². The summed E-state index contributed by atoms with van der Waals surface area (Å²) in [5.74, 6) is -0.231. The summed E-state index contributed by atoms with van der Waals surface area (Å²) in [6.07, 6.45) is 0.538. The second-order valence-electron chi connectivity index (χ2n) is 6.48. The van der Waals surface area contributed by atoms with Gasteiger partial charge in [0.05, 0.1) is 0 Å². The SMILES string of the molecule is CC(=O)NCCC(=O)NCCC(=O)N1CCN(Cc2ccccc2)CC1. The predicted octanol–water partition coefficient (Wildman–Crippen LogP) is 0.363. The molecular weight excluding hydrogens is 332 g/mol. The van der Waals surface area contributed by atoms with Crippen molar-refractivity contribution in [2.75, 3.05) is 39.3 Å². The number of benzene rings is 1. The summed E-state index contributed by atoms with van der Waals surface area (Å²) >= 11 is 0. The Morgan fingerprint density at radius 1 is 0.923 bits per heavy atom. The smallest absolute Gasteiger partial charge is 0.224 e. The lowest BCUT2D eigenvalue weighted by Crippen LogP contribution is -2.48. The largest absolute Gasteiger partial charge is 0.356 e. The Bertz CT molecular complexity index is 598. The molecule has 0 radical (unpaired) electrons. The van der Waals surface area contributed by atoms with Crippen LogP contribution >= 0.6 is 0 Å². The molecule has 0 saturated carbocycles. The molecule has 0 aliphatic carbocycles. The van der Waals surface area contributed by atoms with Crippen molar-refractivity contribution in [2.24, 2.45) is 0 Å². The average molecular weight is 360 g/mol. The van der Waals surface area contributed by atoms with E-state index in [-0.39, 0.29) is 24.1 Å².